The fourth-order valence-corrected chi connectivity index (χ4v) is 3.49. The van der Waals surface area contributed by atoms with E-state index in [-0.39, 0.29) is 5.91 Å². The fraction of sp³-hybridized carbons (Fsp3) is 0.130. The summed E-state index contributed by atoms with van der Waals surface area (Å²) in [5.74, 6) is -0.124. The summed E-state index contributed by atoms with van der Waals surface area (Å²) in [5, 5.41) is 6.56. The van der Waals surface area contributed by atoms with Crippen LogP contribution in [0.3, 0.4) is 0 Å². The molecule has 0 atom stereocenters. The van der Waals surface area contributed by atoms with E-state index in [1.165, 1.54) is 21.8 Å². The zero-order chi connectivity index (χ0) is 18.6. The van der Waals surface area contributed by atoms with Gasteiger partial charge in [0.05, 0.1) is 12.6 Å². The Morgan fingerprint density at radius 1 is 0.963 bits per heavy atom. The molecule has 134 valence electrons. The number of fused-ring (bicyclic) bond motifs is 3. The molecule has 0 fully saturated rings. The SMILES string of the molecule is CCn1c2ccccc2c2cc(/C=N\NC(=O)Cc3ccccc3)ccc21. The molecule has 4 aromatic rings. The molecule has 0 spiro atoms. The summed E-state index contributed by atoms with van der Waals surface area (Å²) in [5.41, 5.74) is 6.99. The molecule has 3 aromatic carbocycles. The first-order valence-corrected chi connectivity index (χ1v) is 9.13. The number of rotatable bonds is 5. The van der Waals surface area contributed by atoms with Crippen molar-refractivity contribution in [2.75, 3.05) is 0 Å². The van der Waals surface area contributed by atoms with E-state index >= 15 is 0 Å². The topological polar surface area (TPSA) is 46.4 Å². The molecule has 0 radical (unpaired) electrons. The fourth-order valence-electron chi connectivity index (χ4n) is 3.49. The molecule has 0 unspecified atom stereocenters. The van der Waals surface area contributed by atoms with Crippen LogP contribution in [0.15, 0.2) is 77.9 Å². The standard InChI is InChI=1S/C23H21N3O/c1-2-26-21-11-7-6-10-19(21)20-14-18(12-13-22(20)26)16-24-25-23(27)15-17-8-4-3-5-9-17/h3-14,16H,2,15H2,1H3,(H,25,27)/b24-16-. The van der Waals surface area contributed by atoms with Crippen molar-refractivity contribution in [2.45, 2.75) is 19.9 Å². The lowest BCUT2D eigenvalue weighted by atomic mass is 10.1. The first kappa shape index (κ1) is 17.0. The average Bonchev–Trinajstić information content (AvgIpc) is 3.02. The molecule has 0 saturated carbocycles. The van der Waals surface area contributed by atoms with Gasteiger partial charge in [-0.05, 0) is 36.2 Å². The smallest absolute Gasteiger partial charge is 0.244 e. The first-order valence-electron chi connectivity index (χ1n) is 9.13. The van der Waals surface area contributed by atoms with Gasteiger partial charge < -0.3 is 4.57 Å². The van der Waals surface area contributed by atoms with Gasteiger partial charge >= 0.3 is 0 Å². The van der Waals surface area contributed by atoms with E-state index in [9.17, 15) is 4.79 Å². The highest BCUT2D eigenvalue weighted by Gasteiger charge is 2.09. The van der Waals surface area contributed by atoms with Crippen molar-refractivity contribution >= 4 is 33.9 Å². The number of carbonyl (C=O) groups is 1. The van der Waals surface area contributed by atoms with Crippen LogP contribution >= 0.6 is 0 Å². The number of hydrazone groups is 1. The van der Waals surface area contributed by atoms with Crippen LogP contribution in [-0.4, -0.2) is 16.7 Å². The van der Waals surface area contributed by atoms with Crippen LogP contribution in [0, 0.1) is 0 Å². The minimum Gasteiger partial charge on any atom is -0.341 e. The quantitative estimate of drug-likeness (QED) is 0.416. The summed E-state index contributed by atoms with van der Waals surface area (Å²) < 4.78 is 2.31. The lowest BCUT2D eigenvalue weighted by Crippen LogP contribution is -2.19. The van der Waals surface area contributed by atoms with Crippen LogP contribution in [0.25, 0.3) is 21.8 Å². The van der Waals surface area contributed by atoms with Gasteiger partial charge in [0.25, 0.3) is 0 Å². The Morgan fingerprint density at radius 3 is 2.52 bits per heavy atom. The zero-order valence-electron chi connectivity index (χ0n) is 15.2. The first-order chi connectivity index (χ1) is 13.3. The molecule has 0 aliphatic heterocycles. The number of benzene rings is 3. The van der Waals surface area contributed by atoms with Crippen molar-refractivity contribution in [2.24, 2.45) is 5.10 Å². The molecular formula is C23H21N3O. The van der Waals surface area contributed by atoms with E-state index in [0.717, 1.165) is 17.7 Å². The second-order valence-corrected chi connectivity index (χ2v) is 6.49. The van der Waals surface area contributed by atoms with Crippen molar-refractivity contribution in [3.63, 3.8) is 0 Å². The van der Waals surface area contributed by atoms with E-state index in [1.54, 1.807) is 6.21 Å². The van der Waals surface area contributed by atoms with Crippen LogP contribution in [0.4, 0.5) is 0 Å². The number of aryl methyl sites for hydroxylation is 1. The van der Waals surface area contributed by atoms with Crippen LogP contribution in [-0.2, 0) is 17.8 Å². The summed E-state index contributed by atoms with van der Waals surface area (Å²) in [6.07, 6.45) is 2.02. The van der Waals surface area contributed by atoms with E-state index in [1.807, 2.05) is 36.4 Å². The van der Waals surface area contributed by atoms with Gasteiger partial charge in [-0.15, -0.1) is 0 Å². The van der Waals surface area contributed by atoms with Crippen molar-refractivity contribution in [3.8, 4) is 0 Å². The molecule has 4 nitrogen and oxygen atoms in total. The largest absolute Gasteiger partial charge is 0.341 e. The maximum atomic E-state index is 12.0. The third-order valence-corrected chi connectivity index (χ3v) is 4.72. The highest BCUT2D eigenvalue weighted by Crippen LogP contribution is 2.29. The van der Waals surface area contributed by atoms with Crippen LogP contribution in [0.1, 0.15) is 18.1 Å². The van der Waals surface area contributed by atoms with Gasteiger partial charge in [-0.3, -0.25) is 4.79 Å². The number of para-hydroxylation sites is 1. The summed E-state index contributed by atoms with van der Waals surface area (Å²) in [7, 11) is 0. The zero-order valence-corrected chi connectivity index (χ0v) is 15.2. The Balaban J connectivity index is 1.55. The van der Waals surface area contributed by atoms with E-state index < -0.39 is 0 Å². The third kappa shape index (κ3) is 3.47. The molecule has 1 heterocycles. The van der Waals surface area contributed by atoms with E-state index in [4.69, 9.17) is 0 Å². The normalized spacial score (nSPS) is 11.4. The highest BCUT2D eigenvalue weighted by atomic mass is 16.2. The molecular weight excluding hydrogens is 334 g/mol. The van der Waals surface area contributed by atoms with E-state index in [0.29, 0.717) is 6.42 Å². The maximum Gasteiger partial charge on any atom is 0.244 e. The second-order valence-electron chi connectivity index (χ2n) is 6.49. The summed E-state index contributed by atoms with van der Waals surface area (Å²) in [6, 6.07) is 24.3. The van der Waals surface area contributed by atoms with Crippen LogP contribution < -0.4 is 5.43 Å². The molecule has 27 heavy (non-hydrogen) atoms. The van der Waals surface area contributed by atoms with Gasteiger partial charge in [-0.1, -0.05) is 54.6 Å². The lowest BCUT2D eigenvalue weighted by molar-refractivity contribution is -0.120. The molecule has 0 bridgehead atoms. The Kier molecular flexibility index (Phi) is 4.71. The molecule has 0 aliphatic rings. The van der Waals surface area contributed by atoms with Gasteiger partial charge in [0.2, 0.25) is 5.91 Å². The second kappa shape index (κ2) is 7.46. The van der Waals surface area contributed by atoms with Crippen LogP contribution in [0.2, 0.25) is 0 Å². The predicted octanol–water partition coefficient (Wildman–Crippen LogP) is 4.51. The number of carbonyl (C=O) groups excluding carboxylic acids is 1. The Hall–Kier alpha value is -3.40. The Morgan fingerprint density at radius 2 is 1.70 bits per heavy atom. The van der Waals surface area contributed by atoms with Gasteiger partial charge in [0.1, 0.15) is 0 Å². The van der Waals surface area contributed by atoms with Crippen molar-refractivity contribution < 1.29 is 4.79 Å². The molecule has 4 heteroatoms. The predicted molar refractivity (Wildman–Crippen MR) is 111 cm³/mol. The molecule has 0 aliphatic carbocycles. The average molecular weight is 355 g/mol. The minimum atomic E-state index is -0.124. The monoisotopic (exact) mass is 355 g/mol. The number of hydrogen-bond donors (Lipinski definition) is 1. The summed E-state index contributed by atoms with van der Waals surface area (Å²) in [6.45, 7) is 3.08. The third-order valence-electron chi connectivity index (χ3n) is 4.72. The highest BCUT2D eigenvalue weighted by molar-refractivity contribution is 6.09. The van der Waals surface area contributed by atoms with Crippen LogP contribution in [0.5, 0.6) is 0 Å². The van der Waals surface area contributed by atoms with Crippen molar-refractivity contribution in [1.82, 2.24) is 9.99 Å². The molecule has 4 rings (SSSR count). The number of aromatic nitrogens is 1. The van der Waals surface area contributed by atoms with Crippen molar-refractivity contribution in [3.05, 3.63) is 83.9 Å². The molecule has 1 N–H and O–H groups in total. The Labute approximate surface area is 158 Å². The van der Waals surface area contributed by atoms with Gasteiger partial charge in [0.15, 0.2) is 0 Å². The Bertz CT molecular complexity index is 1130. The summed E-state index contributed by atoms with van der Waals surface area (Å²) >= 11 is 0. The number of amides is 1. The number of nitrogens with one attached hydrogen (secondary N) is 1. The molecule has 1 amide bonds. The van der Waals surface area contributed by atoms with Gasteiger partial charge in [-0.25, -0.2) is 5.43 Å². The van der Waals surface area contributed by atoms with Crippen molar-refractivity contribution in [1.29, 1.82) is 0 Å². The summed E-state index contributed by atoms with van der Waals surface area (Å²) in [4.78, 5) is 12.0. The minimum absolute atomic E-state index is 0.124. The van der Waals surface area contributed by atoms with Gasteiger partial charge in [-0.2, -0.15) is 5.10 Å². The van der Waals surface area contributed by atoms with Gasteiger partial charge in [0, 0.05) is 28.4 Å². The number of hydrogen-bond acceptors (Lipinski definition) is 2. The molecule has 0 saturated heterocycles. The molecule has 1 aromatic heterocycles. The maximum absolute atomic E-state index is 12.0. The van der Waals surface area contributed by atoms with E-state index in [2.05, 4.69) is 58.4 Å². The lowest BCUT2D eigenvalue weighted by Gasteiger charge is -2.03. The number of nitrogens with zero attached hydrogens (tertiary/aromatic N) is 2.